The monoisotopic (exact) mass is 299 g/mol. The topological polar surface area (TPSA) is 30.7 Å². The van der Waals surface area contributed by atoms with E-state index in [1.165, 1.54) is 3.57 Å². The highest BCUT2D eigenvalue weighted by atomic mass is 127. The number of aromatic nitrogens is 3. The van der Waals surface area contributed by atoms with E-state index in [4.69, 9.17) is 0 Å². The van der Waals surface area contributed by atoms with Crippen LogP contribution in [0.15, 0.2) is 24.4 Å². The average molecular weight is 299 g/mol. The van der Waals surface area contributed by atoms with Gasteiger partial charge in [-0.15, -0.1) is 0 Å². The maximum absolute atomic E-state index is 4.47. The fourth-order valence-corrected chi connectivity index (χ4v) is 1.56. The Morgan fingerprint density at radius 1 is 1.21 bits per heavy atom. The van der Waals surface area contributed by atoms with Gasteiger partial charge >= 0.3 is 0 Å². The number of nitrogens with zero attached hydrogens (tertiary/aromatic N) is 3. The molecule has 0 fully saturated rings. The van der Waals surface area contributed by atoms with E-state index in [0.717, 1.165) is 17.2 Å². The number of hydrogen-bond donors (Lipinski definition) is 0. The fraction of sp³-hybridized carbons (Fsp3) is 0.200. The van der Waals surface area contributed by atoms with Crippen molar-refractivity contribution in [2.24, 2.45) is 0 Å². The van der Waals surface area contributed by atoms with Gasteiger partial charge in [0.05, 0.1) is 5.69 Å². The molecule has 0 N–H and O–H groups in total. The van der Waals surface area contributed by atoms with Crippen LogP contribution in [0, 0.1) is 17.4 Å². The predicted molar refractivity (Wildman–Crippen MR) is 63.6 cm³/mol. The second-order valence-electron chi connectivity index (χ2n) is 3.12. The first-order valence-electron chi connectivity index (χ1n) is 4.32. The molecule has 0 saturated heterocycles. The molecule has 2 rings (SSSR count). The lowest BCUT2D eigenvalue weighted by Crippen LogP contribution is -2.02. The molecule has 0 aliphatic rings. The lowest BCUT2D eigenvalue weighted by atomic mass is 10.3. The quantitative estimate of drug-likeness (QED) is 0.757. The lowest BCUT2D eigenvalue weighted by Gasteiger charge is -2.04. The van der Waals surface area contributed by atoms with Gasteiger partial charge in [-0.05, 0) is 54.6 Å². The largest absolute Gasteiger partial charge is 0.233 e. The Hall–Kier alpha value is -0.910. The molecule has 2 aromatic rings. The summed E-state index contributed by atoms with van der Waals surface area (Å²) in [6, 6.07) is 6.00. The van der Waals surface area contributed by atoms with Crippen LogP contribution in [0.25, 0.3) is 5.82 Å². The van der Waals surface area contributed by atoms with E-state index in [0.29, 0.717) is 0 Å². The zero-order valence-electron chi connectivity index (χ0n) is 8.03. The van der Waals surface area contributed by atoms with Crippen molar-refractivity contribution in [1.29, 1.82) is 0 Å². The molecule has 0 bridgehead atoms. The Morgan fingerprint density at radius 3 is 2.57 bits per heavy atom. The van der Waals surface area contributed by atoms with Gasteiger partial charge in [0, 0.05) is 15.5 Å². The summed E-state index contributed by atoms with van der Waals surface area (Å²) in [6.07, 6.45) is 1.78. The van der Waals surface area contributed by atoms with E-state index < -0.39 is 0 Å². The van der Waals surface area contributed by atoms with Gasteiger partial charge < -0.3 is 0 Å². The Labute approximate surface area is 96.3 Å². The summed E-state index contributed by atoms with van der Waals surface area (Å²) in [5, 5.41) is 4.21. The molecule has 0 radical (unpaired) electrons. The minimum Gasteiger partial charge on any atom is -0.233 e. The average Bonchev–Trinajstić information content (AvgIpc) is 2.57. The molecule has 0 saturated carbocycles. The van der Waals surface area contributed by atoms with Crippen molar-refractivity contribution in [3.63, 3.8) is 0 Å². The third-order valence-corrected chi connectivity index (χ3v) is 3.20. The van der Waals surface area contributed by atoms with Crippen LogP contribution in [-0.2, 0) is 0 Å². The van der Waals surface area contributed by atoms with Crippen molar-refractivity contribution in [1.82, 2.24) is 14.8 Å². The van der Waals surface area contributed by atoms with Gasteiger partial charge in [-0.25, -0.2) is 9.67 Å². The molecule has 3 nitrogen and oxygen atoms in total. The first kappa shape index (κ1) is 9.64. The highest BCUT2D eigenvalue weighted by molar-refractivity contribution is 14.1. The zero-order chi connectivity index (χ0) is 10.1. The number of aryl methyl sites for hydroxylation is 2. The molecule has 72 valence electrons. The van der Waals surface area contributed by atoms with Crippen LogP contribution in [0.5, 0.6) is 0 Å². The lowest BCUT2D eigenvalue weighted by molar-refractivity contribution is 0.811. The van der Waals surface area contributed by atoms with Crippen LogP contribution < -0.4 is 0 Å². The SMILES string of the molecule is Cc1nc(-n2nccc2C)ccc1I. The van der Waals surface area contributed by atoms with Crippen molar-refractivity contribution in [3.8, 4) is 5.82 Å². The van der Waals surface area contributed by atoms with E-state index in [2.05, 4.69) is 38.7 Å². The number of rotatable bonds is 1. The third kappa shape index (κ3) is 1.66. The second kappa shape index (κ2) is 3.68. The summed E-state index contributed by atoms with van der Waals surface area (Å²) in [5.41, 5.74) is 2.14. The van der Waals surface area contributed by atoms with Crippen molar-refractivity contribution >= 4 is 22.6 Å². The van der Waals surface area contributed by atoms with Crippen molar-refractivity contribution in [2.75, 3.05) is 0 Å². The standard InChI is InChI=1S/C10H10IN3/c1-7-5-6-12-14(7)10-4-3-9(11)8(2)13-10/h3-6H,1-2H3. The molecular weight excluding hydrogens is 289 g/mol. The molecular formula is C10H10IN3. The van der Waals surface area contributed by atoms with Gasteiger partial charge in [0.25, 0.3) is 0 Å². The van der Waals surface area contributed by atoms with Crippen LogP contribution >= 0.6 is 22.6 Å². The van der Waals surface area contributed by atoms with Crippen molar-refractivity contribution in [3.05, 3.63) is 39.4 Å². The molecule has 0 aromatic carbocycles. The Balaban J connectivity index is 2.53. The smallest absolute Gasteiger partial charge is 0.153 e. The predicted octanol–water partition coefficient (Wildman–Crippen LogP) is 2.49. The first-order chi connectivity index (χ1) is 6.68. The zero-order valence-corrected chi connectivity index (χ0v) is 10.2. The van der Waals surface area contributed by atoms with Gasteiger partial charge in [-0.3, -0.25) is 0 Å². The van der Waals surface area contributed by atoms with Crippen LogP contribution in [0.2, 0.25) is 0 Å². The summed E-state index contributed by atoms with van der Waals surface area (Å²) < 4.78 is 3.01. The molecule has 0 aliphatic heterocycles. The summed E-state index contributed by atoms with van der Waals surface area (Å²) in [4.78, 5) is 4.47. The molecule has 0 unspecified atom stereocenters. The van der Waals surface area contributed by atoms with Crippen LogP contribution in [0.3, 0.4) is 0 Å². The van der Waals surface area contributed by atoms with Crippen LogP contribution in [-0.4, -0.2) is 14.8 Å². The van der Waals surface area contributed by atoms with Crippen LogP contribution in [0.1, 0.15) is 11.4 Å². The molecule has 14 heavy (non-hydrogen) atoms. The minimum atomic E-state index is 0.880. The number of halogens is 1. The summed E-state index contributed by atoms with van der Waals surface area (Å²) in [6.45, 7) is 4.02. The van der Waals surface area contributed by atoms with E-state index in [9.17, 15) is 0 Å². The Bertz CT molecular complexity index is 462. The van der Waals surface area contributed by atoms with Crippen LogP contribution in [0.4, 0.5) is 0 Å². The highest BCUT2D eigenvalue weighted by Crippen LogP contribution is 2.13. The summed E-state index contributed by atoms with van der Waals surface area (Å²) in [7, 11) is 0. The molecule has 0 aliphatic carbocycles. The van der Waals surface area contributed by atoms with E-state index in [1.54, 1.807) is 6.20 Å². The fourth-order valence-electron chi connectivity index (χ4n) is 1.26. The Morgan fingerprint density at radius 2 is 2.00 bits per heavy atom. The number of hydrogen-bond acceptors (Lipinski definition) is 2. The van der Waals surface area contributed by atoms with Gasteiger partial charge in [0.1, 0.15) is 0 Å². The van der Waals surface area contributed by atoms with Gasteiger partial charge in [-0.2, -0.15) is 5.10 Å². The van der Waals surface area contributed by atoms with Gasteiger partial charge in [-0.1, -0.05) is 0 Å². The van der Waals surface area contributed by atoms with Crippen molar-refractivity contribution in [2.45, 2.75) is 13.8 Å². The maximum atomic E-state index is 4.47. The summed E-state index contributed by atoms with van der Waals surface area (Å²) >= 11 is 2.28. The van der Waals surface area contributed by atoms with Gasteiger partial charge in [0.2, 0.25) is 0 Å². The molecule has 0 atom stereocenters. The second-order valence-corrected chi connectivity index (χ2v) is 4.28. The maximum Gasteiger partial charge on any atom is 0.153 e. The first-order valence-corrected chi connectivity index (χ1v) is 5.40. The minimum absolute atomic E-state index is 0.880. The van der Waals surface area contributed by atoms with E-state index >= 15 is 0 Å². The molecule has 0 amide bonds. The summed E-state index contributed by atoms with van der Waals surface area (Å²) in [5.74, 6) is 0.880. The third-order valence-electron chi connectivity index (χ3n) is 2.06. The van der Waals surface area contributed by atoms with Crippen molar-refractivity contribution < 1.29 is 0 Å². The molecule has 2 heterocycles. The van der Waals surface area contributed by atoms with Gasteiger partial charge in [0.15, 0.2) is 5.82 Å². The van der Waals surface area contributed by atoms with E-state index in [1.807, 2.05) is 30.7 Å². The highest BCUT2D eigenvalue weighted by Gasteiger charge is 2.03. The number of pyridine rings is 1. The normalized spacial score (nSPS) is 10.5. The molecule has 0 spiro atoms. The molecule has 2 aromatic heterocycles. The molecule has 4 heteroatoms. The van der Waals surface area contributed by atoms with E-state index in [-0.39, 0.29) is 0 Å². The Kier molecular flexibility index (Phi) is 2.54.